The van der Waals surface area contributed by atoms with Crippen molar-refractivity contribution in [3.8, 4) is 17.2 Å². The Morgan fingerprint density at radius 3 is 2.77 bits per heavy atom. The molecule has 0 bridgehead atoms. The summed E-state index contributed by atoms with van der Waals surface area (Å²) in [5.74, 6) is 1.90. The lowest BCUT2D eigenvalue weighted by molar-refractivity contribution is -0.135. The second-order valence-electron chi connectivity index (χ2n) is 9.33. The number of amides is 2. The summed E-state index contributed by atoms with van der Waals surface area (Å²) in [4.78, 5) is 26.9. The second kappa shape index (κ2) is 10.7. The minimum atomic E-state index is -0.256. The van der Waals surface area contributed by atoms with Gasteiger partial charge >= 0.3 is 0 Å². The number of aromatic nitrogens is 2. The number of likely N-dealkylation sites (tertiary alicyclic amines) is 1. The second-order valence-corrected chi connectivity index (χ2v) is 9.33. The number of nitrogens with zero attached hydrogens (tertiary/aromatic N) is 3. The maximum atomic E-state index is 12.5. The Bertz CT molecular complexity index is 1020. The first kappa shape index (κ1) is 23.7. The van der Waals surface area contributed by atoms with Gasteiger partial charge in [0.05, 0.1) is 38.9 Å². The normalized spacial score (nSPS) is 25.5. The zero-order chi connectivity index (χ0) is 24.2. The van der Waals surface area contributed by atoms with Crippen molar-refractivity contribution in [1.82, 2.24) is 31.0 Å². The molecule has 0 aliphatic carbocycles. The molecule has 1 aromatic carbocycles. The Labute approximate surface area is 203 Å². The van der Waals surface area contributed by atoms with Gasteiger partial charge in [-0.3, -0.25) is 19.8 Å². The molecule has 188 valence electrons. The summed E-state index contributed by atoms with van der Waals surface area (Å²) in [6.07, 6.45) is 2.25. The third kappa shape index (κ3) is 5.63. The van der Waals surface area contributed by atoms with Crippen molar-refractivity contribution in [1.29, 1.82) is 0 Å². The molecule has 4 heterocycles. The van der Waals surface area contributed by atoms with Crippen LogP contribution in [-0.4, -0.2) is 85.6 Å². The Hall–Kier alpha value is -3.02. The average molecular weight is 485 g/mol. The van der Waals surface area contributed by atoms with Crippen molar-refractivity contribution >= 4 is 11.8 Å². The van der Waals surface area contributed by atoms with Crippen LogP contribution in [0, 0.1) is 5.92 Å². The predicted octanol–water partition coefficient (Wildman–Crippen LogP) is 0.491. The molecule has 3 aliphatic rings. The molecule has 3 N–H and O–H groups in total. The zero-order valence-electron chi connectivity index (χ0n) is 19.9. The molecule has 35 heavy (non-hydrogen) atoms. The Morgan fingerprint density at radius 1 is 1.20 bits per heavy atom. The van der Waals surface area contributed by atoms with Crippen molar-refractivity contribution in [3.63, 3.8) is 0 Å². The largest absolute Gasteiger partial charge is 0.497 e. The molecule has 3 unspecified atom stereocenters. The molecule has 2 amide bonds. The van der Waals surface area contributed by atoms with E-state index in [1.54, 1.807) is 7.11 Å². The first-order valence-corrected chi connectivity index (χ1v) is 12.2. The molecule has 1 aromatic heterocycles. The van der Waals surface area contributed by atoms with E-state index in [4.69, 9.17) is 13.9 Å². The van der Waals surface area contributed by atoms with Gasteiger partial charge in [0, 0.05) is 24.1 Å². The number of carbonyl (C=O) groups is 2. The molecule has 0 saturated carbocycles. The molecule has 3 fully saturated rings. The lowest BCUT2D eigenvalue weighted by Crippen LogP contribution is -2.66. The fourth-order valence-electron chi connectivity index (χ4n) is 4.95. The minimum absolute atomic E-state index is 0.00838. The molecular weight excluding hydrogens is 452 g/mol. The van der Waals surface area contributed by atoms with Gasteiger partial charge < -0.3 is 24.5 Å². The first-order valence-electron chi connectivity index (χ1n) is 12.2. The number of rotatable bonds is 7. The standard InChI is InChI=1S/C24H32N6O5/c1-33-17-4-2-15(3-5-17)23-28-29-24(35-23)16-6-9-30(10-7-16)13-21(31)25-12-20-26-19-8-11-34-14-18(19)22(32)27-20/h2-5,16,18-20,26H,6-14H2,1H3,(H,25,31)(H,27,32). The molecule has 11 heteroatoms. The lowest BCUT2D eigenvalue weighted by atomic mass is 9.92. The van der Waals surface area contributed by atoms with E-state index in [-0.39, 0.29) is 35.9 Å². The fraction of sp³-hybridized carbons (Fsp3) is 0.583. The van der Waals surface area contributed by atoms with Gasteiger partial charge in [0.1, 0.15) is 5.75 Å². The number of benzene rings is 1. The van der Waals surface area contributed by atoms with Gasteiger partial charge in [-0.2, -0.15) is 0 Å². The van der Waals surface area contributed by atoms with E-state index in [2.05, 4.69) is 31.0 Å². The monoisotopic (exact) mass is 484 g/mol. The summed E-state index contributed by atoms with van der Waals surface area (Å²) in [5.41, 5.74) is 0.856. The Kier molecular flexibility index (Phi) is 7.26. The summed E-state index contributed by atoms with van der Waals surface area (Å²) >= 11 is 0. The zero-order valence-corrected chi connectivity index (χ0v) is 19.9. The van der Waals surface area contributed by atoms with Crippen LogP contribution in [0.4, 0.5) is 0 Å². The number of ether oxygens (including phenoxy) is 2. The van der Waals surface area contributed by atoms with E-state index in [0.717, 1.165) is 43.7 Å². The molecule has 5 rings (SSSR count). The summed E-state index contributed by atoms with van der Waals surface area (Å²) in [5, 5.41) is 17.8. The van der Waals surface area contributed by atoms with Crippen LogP contribution in [-0.2, 0) is 14.3 Å². The molecule has 3 saturated heterocycles. The van der Waals surface area contributed by atoms with Crippen LogP contribution in [0.1, 0.15) is 31.1 Å². The number of carbonyl (C=O) groups excluding carboxylic acids is 2. The highest BCUT2D eigenvalue weighted by atomic mass is 16.5. The average Bonchev–Trinajstić information content (AvgIpc) is 3.38. The van der Waals surface area contributed by atoms with E-state index in [1.165, 1.54) is 0 Å². The number of hydrogen-bond acceptors (Lipinski definition) is 9. The molecule has 0 spiro atoms. The van der Waals surface area contributed by atoms with Gasteiger partial charge in [-0.15, -0.1) is 10.2 Å². The van der Waals surface area contributed by atoms with E-state index in [0.29, 0.717) is 38.1 Å². The number of methoxy groups -OCH3 is 1. The van der Waals surface area contributed by atoms with E-state index < -0.39 is 0 Å². The van der Waals surface area contributed by atoms with Crippen LogP contribution >= 0.6 is 0 Å². The Balaban J connectivity index is 1.05. The molecule has 3 aliphatic heterocycles. The van der Waals surface area contributed by atoms with Crippen molar-refractivity contribution in [2.45, 2.75) is 37.4 Å². The smallest absolute Gasteiger partial charge is 0.247 e. The molecule has 3 atom stereocenters. The van der Waals surface area contributed by atoms with Gasteiger partial charge in [-0.1, -0.05) is 0 Å². The van der Waals surface area contributed by atoms with Gasteiger partial charge in [0.25, 0.3) is 0 Å². The van der Waals surface area contributed by atoms with Gasteiger partial charge in [0.2, 0.25) is 23.6 Å². The van der Waals surface area contributed by atoms with Crippen molar-refractivity contribution in [3.05, 3.63) is 30.2 Å². The SMILES string of the molecule is COc1ccc(-c2nnc(C3CCN(CC(=O)NCC4NC(=O)C5COCCC5N4)CC3)o2)cc1. The molecule has 0 radical (unpaired) electrons. The quantitative estimate of drug-likeness (QED) is 0.514. The maximum Gasteiger partial charge on any atom is 0.247 e. The van der Waals surface area contributed by atoms with Crippen LogP contribution in [0.25, 0.3) is 11.5 Å². The molecular formula is C24H32N6O5. The van der Waals surface area contributed by atoms with Crippen molar-refractivity contribution < 1.29 is 23.5 Å². The van der Waals surface area contributed by atoms with E-state index in [1.807, 2.05) is 24.3 Å². The third-order valence-corrected chi connectivity index (χ3v) is 7.01. The number of piperidine rings is 1. The number of fused-ring (bicyclic) bond motifs is 1. The first-order chi connectivity index (χ1) is 17.1. The van der Waals surface area contributed by atoms with Gasteiger partial charge in [-0.05, 0) is 56.6 Å². The fourth-order valence-corrected chi connectivity index (χ4v) is 4.95. The van der Waals surface area contributed by atoms with Crippen LogP contribution in [0.15, 0.2) is 28.7 Å². The number of hydrogen-bond donors (Lipinski definition) is 3. The summed E-state index contributed by atoms with van der Waals surface area (Å²) < 4.78 is 16.5. The van der Waals surface area contributed by atoms with Crippen LogP contribution < -0.4 is 20.7 Å². The van der Waals surface area contributed by atoms with Crippen LogP contribution in [0.5, 0.6) is 5.75 Å². The third-order valence-electron chi connectivity index (χ3n) is 7.01. The summed E-state index contributed by atoms with van der Waals surface area (Å²) in [6.45, 7) is 3.35. The molecule has 2 aromatic rings. The topological polar surface area (TPSA) is 131 Å². The maximum absolute atomic E-state index is 12.5. The number of nitrogens with one attached hydrogen (secondary N) is 3. The summed E-state index contributed by atoms with van der Waals surface area (Å²) in [6, 6.07) is 7.63. The van der Waals surface area contributed by atoms with Gasteiger partial charge in [-0.25, -0.2) is 0 Å². The minimum Gasteiger partial charge on any atom is -0.497 e. The predicted molar refractivity (Wildman–Crippen MR) is 125 cm³/mol. The highest BCUT2D eigenvalue weighted by Crippen LogP contribution is 2.29. The van der Waals surface area contributed by atoms with E-state index in [9.17, 15) is 9.59 Å². The Morgan fingerprint density at radius 2 is 2.00 bits per heavy atom. The lowest BCUT2D eigenvalue weighted by Gasteiger charge is -2.40. The van der Waals surface area contributed by atoms with Gasteiger partial charge in [0.15, 0.2) is 0 Å². The van der Waals surface area contributed by atoms with Crippen molar-refractivity contribution in [2.24, 2.45) is 5.92 Å². The van der Waals surface area contributed by atoms with Crippen molar-refractivity contribution in [2.75, 3.05) is 46.5 Å². The summed E-state index contributed by atoms with van der Waals surface area (Å²) in [7, 11) is 1.63. The van der Waals surface area contributed by atoms with Crippen LogP contribution in [0.2, 0.25) is 0 Å². The highest BCUT2D eigenvalue weighted by molar-refractivity contribution is 5.81. The highest BCUT2D eigenvalue weighted by Gasteiger charge is 2.38. The molecule has 11 nitrogen and oxygen atoms in total. The van der Waals surface area contributed by atoms with E-state index >= 15 is 0 Å². The van der Waals surface area contributed by atoms with Crippen LogP contribution in [0.3, 0.4) is 0 Å².